The summed E-state index contributed by atoms with van der Waals surface area (Å²) in [5, 5.41) is 0. The Morgan fingerprint density at radius 1 is 0.933 bits per heavy atom. The van der Waals surface area contributed by atoms with Crippen molar-refractivity contribution in [1.29, 1.82) is 0 Å². The van der Waals surface area contributed by atoms with Gasteiger partial charge in [0.1, 0.15) is 18.1 Å². The van der Waals surface area contributed by atoms with Crippen molar-refractivity contribution in [2.24, 2.45) is 0 Å². The van der Waals surface area contributed by atoms with Gasteiger partial charge >= 0.3 is 0 Å². The molecule has 3 nitrogen and oxygen atoms in total. The Kier molecular flexibility index (Phi) is 5.63. The SMILES string of the molecule is CCCOCCOc1ccc(OC)cc1. The van der Waals surface area contributed by atoms with E-state index in [1.807, 2.05) is 24.3 Å². The third-order valence-electron chi connectivity index (χ3n) is 1.90. The summed E-state index contributed by atoms with van der Waals surface area (Å²) in [6, 6.07) is 7.53. The predicted octanol–water partition coefficient (Wildman–Crippen LogP) is 2.50. The molecule has 0 radical (unpaired) electrons. The van der Waals surface area contributed by atoms with E-state index < -0.39 is 0 Å². The van der Waals surface area contributed by atoms with Crippen LogP contribution in [-0.4, -0.2) is 26.9 Å². The summed E-state index contributed by atoms with van der Waals surface area (Å²) in [5.74, 6) is 1.68. The molecule has 0 aliphatic rings. The van der Waals surface area contributed by atoms with E-state index in [1.165, 1.54) is 0 Å². The first-order valence-corrected chi connectivity index (χ1v) is 5.21. The Balaban J connectivity index is 2.20. The third-order valence-corrected chi connectivity index (χ3v) is 1.90. The molecule has 3 heteroatoms. The quantitative estimate of drug-likeness (QED) is 0.647. The molecule has 0 heterocycles. The van der Waals surface area contributed by atoms with Crippen molar-refractivity contribution in [3.05, 3.63) is 24.3 Å². The van der Waals surface area contributed by atoms with Gasteiger partial charge in [-0.05, 0) is 30.7 Å². The predicted molar refractivity (Wildman–Crippen MR) is 59.6 cm³/mol. The molecular formula is C12H18O3. The number of hydrogen-bond donors (Lipinski definition) is 0. The van der Waals surface area contributed by atoms with Gasteiger partial charge in [-0.2, -0.15) is 0 Å². The second kappa shape index (κ2) is 7.12. The van der Waals surface area contributed by atoms with E-state index in [2.05, 4.69) is 6.92 Å². The molecule has 0 fully saturated rings. The number of benzene rings is 1. The first-order chi connectivity index (χ1) is 7.36. The van der Waals surface area contributed by atoms with Crippen molar-refractivity contribution >= 4 is 0 Å². The van der Waals surface area contributed by atoms with Gasteiger partial charge in [-0.1, -0.05) is 6.92 Å². The summed E-state index contributed by atoms with van der Waals surface area (Å²) in [6.07, 6.45) is 1.04. The van der Waals surface area contributed by atoms with Crippen LogP contribution in [-0.2, 0) is 4.74 Å². The van der Waals surface area contributed by atoms with Crippen LogP contribution < -0.4 is 9.47 Å². The molecule has 84 valence electrons. The molecule has 1 aromatic carbocycles. The Hall–Kier alpha value is -1.22. The smallest absolute Gasteiger partial charge is 0.119 e. The highest BCUT2D eigenvalue weighted by atomic mass is 16.5. The van der Waals surface area contributed by atoms with Crippen molar-refractivity contribution in [3.8, 4) is 11.5 Å². The normalized spacial score (nSPS) is 10.0. The van der Waals surface area contributed by atoms with Gasteiger partial charge in [0, 0.05) is 6.61 Å². The van der Waals surface area contributed by atoms with Crippen molar-refractivity contribution < 1.29 is 14.2 Å². The van der Waals surface area contributed by atoms with Gasteiger partial charge in [-0.25, -0.2) is 0 Å². The summed E-state index contributed by atoms with van der Waals surface area (Å²) in [6.45, 7) is 4.11. The van der Waals surface area contributed by atoms with Crippen LogP contribution in [0, 0.1) is 0 Å². The van der Waals surface area contributed by atoms with E-state index >= 15 is 0 Å². The van der Waals surface area contributed by atoms with Crippen molar-refractivity contribution in [2.75, 3.05) is 26.9 Å². The van der Waals surface area contributed by atoms with Gasteiger partial charge < -0.3 is 14.2 Å². The van der Waals surface area contributed by atoms with E-state index in [0.29, 0.717) is 13.2 Å². The van der Waals surface area contributed by atoms with Crippen LogP contribution in [0.25, 0.3) is 0 Å². The second-order valence-corrected chi connectivity index (χ2v) is 3.14. The van der Waals surface area contributed by atoms with Crippen molar-refractivity contribution in [1.82, 2.24) is 0 Å². The largest absolute Gasteiger partial charge is 0.497 e. The van der Waals surface area contributed by atoms with Crippen LogP contribution >= 0.6 is 0 Å². The summed E-state index contributed by atoms with van der Waals surface area (Å²) in [4.78, 5) is 0. The standard InChI is InChI=1S/C12H18O3/c1-3-8-14-9-10-15-12-6-4-11(13-2)5-7-12/h4-7H,3,8-10H2,1-2H3. The first kappa shape index (κ1) is 11.9. The van der Waals surface area contributed by atoms with Crippen LogP contribution in [0.1, 0.15) is 13.3 Å². The van der Waals surface area contributed by atoms with Gasteiger partial charge in [-0.15, -0.1) is 0 Å². The zero-order valence-electron chi connectivity index (χ0n) is 9.36. The Morgan fingerprint density at radius 2 is 1.60 bits per heavy atom. The number of hydrogen-bond acceptors (Lipinski definition) is 3. The lowest BCUT2D eigenvalue weighted by Crippen LogP contribution is -2.06. The summed E-state index contributed by atoms with van der Waals surface area (Å²) in [7, 11) is 1.65. The van der Waals surface area contributed by atoms with Gasteiger partial charge in [0.05, 0.1) is 13.7 Å². The van der Waals surface area contributed by atoms with Gasteiger partial charge in [0.25, 0.3) is 0 Å². The molecule has 0 unspecified atom stereocenters. The van der Waals surface area contributed by atoms with E-state index in [-0.39, 0.29) is 0 Å². The summed E-state index contributed by atoms with van der Waals surface area (Å²) >= 11 is 0. The Labute approximate surface area is 91.0 Å². The Bertz CT molecular complexity index is 256. The molecule has 0 aliphatic carbocycles. The molecule has 0 aromatic heterocycles. The van der Waals surface area contributed by atoms with Crippen LogP contribution in [0.2, 0.25) is 0 Å². The van der Waals surface area contributed by atoms with E-state index in [4.69, 9.17) is 14.2 Å². The highest BCUT2D eigenvalue weighted by Gasteiger charge is 1.94. The van der Waals surface area contributed by atoms with Crippen molar-refractivity contribution in [2.45, 2.75) is 13.3 Å². The van der Waals surface area contributed by atoms with Crippen LogP contribution in [0.5, 0.6) is 11.5 Å². The second-order valence-electron chi connectivity index (χ2n) is 3.14. The molecule has 0 aliphatic heterocycles. The van der Waals surface area contributed by atoms with Crippen LogP contribution in [0.3, 0.4) is 0 Å². The number of rotatable bonds is 7. The highest BCUT2D eigenvalue weighted by molar-refractivity contribution is 5.31. The van der Waals surface area contributed by atoms with E-state index in [9.17, 15) is 0 Å². The Morgan fingerprint density at radius 3 is 2.20 bits per heavy atom. The summed E-state index contributed by atoms with van der Waals surface area (Å²) < 4.78 is 15.8. The highest BCUT2D eigenvalue weighted by Crippen LogP contribution is 2.16. The fraction of sp³-hybridized carbons (Fsp3) is 0.500. The number of methoxy groups -OCH3 is 1. The monoisotopic (exact) mass is 210 g/mol. The maximum absolute atomic E-state index is 5.47. The lowest BCUT2D eigenvalue weighted by Gasteiger charge is -2.07. The maximum atomic E-state index is 5.47. The third kappa shape index (κ3) is 4.70. The lowest BCUT2D eigenvalue weighted by molar-refractivity contribution is 0.101. The first-order valence-electron chi connectivity index (χ1n) is 5.21. The lowest BCUT2D eigenvalue weighted by atomic mass is 10.3. The minimum Gasteiger partial charge on any atom is -0.497 e. The fourth-order valence-electron chi connectivity index (χ4n) is 1.14. The van der Waals surface area contributed by atoms with Crippen molar-refractivity contribution in [3.63, 3.8) is 0 Å². The van der Waals surface area contributed by atoms with E-state index in [0.717, 1.165) is 24.5 Å². The number of ether oxygens (including phenoxy) is 3. The molecular weight excluding hydrogens is 192 g/mol. The molecule has 1 aromatic rings. The minimum absolute atomic E-state index is 0.590. The van der Waals surface area contributed by atoms with Crippen LogP contribution in [0.15, 0.2) is 24.3 Å². The molecule has 15 heavy (non-hydrogen) atoms. The molecule has 0 N–H and O–H groups in total. The average Bonchev–Trinajstić information content (AvgIpc) is 2.30. The van der Waals surface area contributed by atoms with Crippen LogP contribution in [0.4, 0.5) is 0 Å². The molecule has 0 amide bonds. The van der Waals surface area contributed by atoms with Gasteiger partial charge in [-0.3, -0.25) is 0 Å². The minimum atomic E-state index is 0.590. The average molecular weight is 210 g/mol. The maximum Gasteiger partial charge on any atom is 0.119 e. The summed E-state index contributed by atoms with van der Waals surface area (Å²) in [5.41, 5.74) is 0. The fourth-order valence-corrected chi connectivity index (χ4v) is 1.14. The molecule has 0 bridgehead atoms. The zero-order chi connectivity index (χ0) is 10.9. The van der Waals surface area contributed by atoms with Gasteiger partial charge in [0.2, 0.25) is 0 Å². The molecule has 0 spiro atoms. The van der Waals surface area contributed by atoms with E-state index in [1.54, 1.807) is 7.11 Å². The molecule has 0 atom stereocenters. The molecule has 1 rings (SSSR count). The zero-order valence-corrected chi connectivity index (χ0v) is 9.36. The molecule has 0 saturated carbocycles. The van der Waals surface area contributed by atoms with Gasteiger partial charge in [0.15, 0.2) is 0 Å². The molecule has 0 saturated heterocycles. The topological polar surface area (TPSA) is 27.7 Å².